The van der Waals surface area contributed by atoms with Crippen LogP contribution in [0.2, 0.25) is 0 Å². The highest BCUT2D eigenvalue weighted by molar-refractivity contribution is 7.13. The highest BCUT2D eigenvalue weighted by atomic mass is 32.1. The summed E-state index contributed by atoms with van der Waals surface area (Å²) in [6.07, 6.45) is 2.55. The molecule has 1 amide bonds. The summed E-state index contributed by atoms with van der Waals surface area (Å²) in [7, 11) is 2.09. The van der Waals surface area contributed by atoms with Crippen molar-refractivity contribution in [3.05, 3.63) is 47.5 Å². The van der Waals surface area contributed by atoms with Gasteiger partial charge in [0, 0.05) is 25.2 Å². The largest absolute Gasteiger partial charge is 0.443 e. The number of aromatic nitrogens is 2. The Balaban J connectivity index is 1.47. The highest BCUT2D eigenvalue weighted by Gasteiger charge is 2.22. The van der Waals surface area contributed by atoms with E-state index in [-0.39, 0.29) is 5.91 Å². The first-order valence-corrected chi connectivity index (χ1v) is 10.4. The monoisotopic (exact) mass is 408 g/mol. The van der Waals surface area contributed by atoms with Crippen LogP contribution in [0.3, 0.4) is 0 Å². The third-order valence-corrected chi connectivity index (χ3v) is 6.06. The van der Waals surface area contributed by atoms with Gasteiger partial charge in [0.2, 0.25) is 5.89 Å². The van der Waals surface area contributed by atoms with Gasteiger partial charge in [-0.25, -0.2) is 4.98 Å². The highest BCUT2D eigenvalue weighted by Crippen LogP contribution is 2.32. The zero-order chi connectivity index (χ0) is 19.8. The lowest BCUT2D eigenvalue weighted by molar-refractivity contribution is 0.0763. The molecule has 1 aliphatic rings. The summed E-state index contributed by atoms with van der Waals surface area (Å²) in [4.78, 5) is 22.7. The van der Waals surface area contributed by atoms with E-state index in [1.54, 1.807) is 29.7 Å². The molecule has 1 saturated heterocycles. The van der Waals surface area contributed by atoms with Crippen molar-refractivity contribution in [2.75, 3.05) is 33.2 Å². The van der Waals surface area contributed by atoms with E-state index in [1.165, 1.54) is 0 Å². The van der Waals surface area contributed by atoms with Crippen molar-refractivity contribution >= 4 is 28.2 Å². The van der Waals surface area contributed by atoms with Crippen LogP contribution in [0.15, 0.2) is 50.9 Å². The molecule has 1 aromatic carbocycles. The number of hydrogen-bond acceptors (Lipinski definition) is 7. The van der Waals surface area contributed by atoms with Gasteiger partial charge < -0.3 is 18.7 Å². The molecule has 3 aromatic heterocycles. The Bertz CT molecular complexity index is 1150. The summed E-state index contributed by atoms with van der Waals surface area (Å²) < 4.78 is 11.1. The zero-order valence-electron chi connectivity index (χ0n) is 16.0. The lowest BCUT2D eigenvalue weighted by Gasteiger charge is -2.20. The van der Waals surface area contributed by atoms with Gasteiger partial charge in [0.1, 0.15) is 17.7 Å². The van der Waals surface area contributed by atoms with E-state index >= 15 is 0 Å². The van der Waals surface area contributed by atoms with Crippen molar-refractivity contribution in [2.24, 2.45) is 0 Å². The van der Waals surface area contributed by atoms with E-state index in [0.29, 0.717) is 28.4 Å². The molecule has 7 nitrogen and oxygen atoms in total. The zero-order valence-corrected chi connectivity index (χ0v) is 16.8. The van der Waals surface area contributed by atoms with Gasteiger partial charge in [-0.2, -0.15) is 0 Å². The van der Waals surface area contributed by atoms with Gasteiger partial charge in [-0.3, -0.25) is 4.79 Å². The molecule has 4 aromatic rings. The minimum atomic E-state index is 0.0359. The van der Waals surface area contributed by atoms with Gasteiger partial charge in [-0.15, -0.1) is 11.3 Å². The predicted octanol–water partition coefficient (Wildman–Crippen LogP) is 3.99. The standard InChI is InChI=1S/C21H20N4O3S/c1-24-7-3-8-25(10-9-24)21(26)14-5-6-17-15(12-14)19(23-28-17)16-13-27-20(22-16)18-4-2-11-29-18/h2,4-6,11-13H,3,7-10H2,1H3. The maximum atomic E-state index is 13.1. The lowest BCUT2D eigenvalue weighted by Crippen LogP contribution is -2.34. The minimum Gasteiger partial charge on any atom is -0.443 e. The number of rotatable bonds is 3. The second-order valence-corrected chi connectivity index (χ2v) is 8.15. The fourth-order valence-electron chi connectivity index (χ4n) is 3.58. The Morgan fingerprint density at radius 1 is 1.17 bits per heavy atom. The number of amides is 1. The number of thiophene rings is 1. The first-order chi connectivity index (χ1) is 14.2. The molecule has 148 valence electrons. The van der Waals surface area contributed by atoms with Gasteiger partial charge in [-0.05, 0) is 49.7 Å². The molecular weight excluding hydrogens is 388 g/mol. The van der Waals surface area contributed by atoms with Crippen molar-refractivity contribution < 1.29 is 13.7 Å². The second-order valence-electron chi connectivity index (χ2n) is 7.21. The number of likely N-dealkylation sites (N-methyl/N-ethyl adjacent to an activating group) is 1. The molecule has 0 unspecified atom stereocenters. The van der Waals surface area contributed by atoms with E-state index in [2.05, 4.69) is 22.1 Å². The number of hydrogen-bond donors (Lipinski definition) is 0. The molecule has 1 fully saturated rings. The smallest absolute Gasteiger partial charge is 0.253 e. The summed E-state index contributed by atoms with van der Waals surface area (Å²) >= 11 is 1.56. The SMILES string of the molecule is CN1CCCN(C(=O)c2ccc3onc(-c4coc(-c5cccs5)n4)c3c2)CC1. The van der Waals surface area contributed by atoms with Crippen LogP contribution in [0.5, 0.6) is 0 Å². The van der Waals surface area contributed by atoms with Crippen LogP contribution in [0.4, 0.5) is 0 Å². The molecule has 0 spiro atoms. The van der Waals surface area contributed by atoms with Gasteiger partial charge in [0.05, 0.1) is 10.3 Å². The summed E-state index contributed by atoms with van der Waals surface area (Å²) in [6.45, 7) is 3.40. The molecule has 0 aliphatic carbocycles. The number of benzene rings is 1. The molecule has 0 atom stereocenters. The third kappa shape index (κ3) is 3.45. The van der Waals surface area contributed by atoms with Crippen molar-refractivity contribution in [2.45, 2.75) is 6.42 Å². The van der Waals surface area contributed by atoms with Gasteiger partial charge in [-0.1, -0.05) is 11.2 Å². The van der Waals surface area contributed by atoms with Crippen LogP contribution in [-0.4, -0.2) is 59.1 Å². The average Bonchev–Trinajstić information content (AvgIpc) is 3.46. The van der Waals surface area contributed by atoms with Crippen LogP contribution >= 0.6 is 11.3 Å². The van der Waals surface area contributed by atoms with Crippen molar-refractivity contribution in [1.29, 1.82) is 0 Å². The molecule has 0 saturated carbocycles. The minimum absolute atomic E-state index is 0.0359. The number of oxazole rings is 1. The molecule has 0 N–H and O–H groups in total. The number of nitrogens with zero attached hydrogens (tertiary/aromatic N) is 4. The van der Waals surface area contributed by atoms with E-state index < -0.39 is 0 Å². The number of fused-ring (bicyclic) bond motifs is 1. The molecule has 29 heavy (non-hydrogen) atoms. The first-order valence-electron chi connectivity index (χ1n) is 9.56. The first kappa shape index (κ1) is 18.1. The fourth-order valence-corrected chi connectivity index (χ4v) is 4.24. The van der Waals surface area contributed by atoms with Crippen molar-refractivity contribution in [3.8, 4) is 22.2 Å². The van der Waals surface area contributed by atoms with Crippen LogP contribution in [0.25, 0.3) is 33.1 Å². The maximum Gasteiger partial charge on any atom is 0.253 e. The molecule has 5 rings (SSSR count). The van der Waals surface area contributed by atoms with Crippen LogP contribution in [-0.2, 0) is 0 Å². The normalized spacial score (nSPS) is 15.7. The molecule has 1 aliphatic heterocycles. The number of carbonyl (C=O) groups excluding carboxylic acids is 1. The Kier molecular flexibility index (Phi) is 4.65. The Morgan fingerprint density at radius 2 is 2.10 bits per heavy atom. The Labute approximate surface area is 171 Å². The molecule has 8 heteroatoms. The van der Waals surface area contributed by atoms with Crippen LogP contribution in [0.1, 0.15) is 16.8 Å². The van der Waals surface area contributed by atoms with Crippen molar-refractivity contribution in [3.63, 3.8) is 0 Å². The lowest BCUT2D eigenvalue weighted by atomic mass is 10.1. The molecule has 0 radical (unpaired) electrons. The quantitative estimate of drug-likeness (QED) is 0.510. The van der Waals surface area contributed by atoms with E-state index in [9.17, 15) is 4.79 Å². The summed E-state index contributed by atoms with van der Waals surface area (Å²) in [5.41, 5.74) is 2.42. The third-order valence-electron chi connectivity index (χ3n) is 5.20. The summed E-state index contributed by atoms with van der Waals surface area (Å²) in [6, 6.07) is 9.35. The van der Waals surface area contributed by atoms with Gasteiger partial charge in [0.25, 0.3) is 5.91 Å². The molecular formula is C21H20N4O3S. The van der Waals surface area contributed by atoms with Gasteiger partial charge in [0.15, 0.2) is 5.58 Å². The van der Waals surface area contributed by atoms with Crippen LogP contribution in [0, 0.1) is 0 Å². The van der Waals surface area contributed by atoms with E-state index in [4.69, 9.17) is 8.94 Å². The predicted molar refractivity (Wildman–Crippen MR) is 111 cm³/mol. The second kappa shape index (κ2) is 7.46. The Morgan fingerprint density at radius 3 is 2.97 bits per heavy atom. The molecule has 4 heterocycles. The fraction of sp³-hybridized carbons (Fsp3) is 0.286. The molecule has 0 bridgehead atoms. The van der Waals surface area contributed by atoms with E-state index in [0.717, 1.165) is 42.9 Å². The Hall–Kier alpha value is -2.97. The van der Waals surface area contributed by atoms with E-state index in [1.807, 2.05) is 28.5 Å². The summed E-state index contributed by atoms with van der Waals surface area (Å²) in [5.74, 6) is 0.584. The summed E-state index contributed by atoms with van der Waals surface area (Å²) in [5, 5.41) is 6.91. The number of carbonyl (C=O) groups is 1. The maximum absolute atomic E-state index is 13.1. The van der Waals surface area contributed by atoms with Crippen molar-refractivity contribution in [1.82, 2.24) is 19.9 Å². The topological polar surface area (TPSA) is 75.6 Å². The van der Waals surface area contributed by atoms with Gasteiger partial charge >= 0.3 is 0 Å². The average molecular weight is 408 g/mol. The van der Waals surface area contributed by atoms with Crippen LogP contribution < -0.4 is 0 Å².